The number of nitrogens with zero attached hydrogens (tertiary/aromatic N) is 2. The second-order valence-electron chi connectivity index (χ2n) is 7.64. The smallest absolute Gasteiger partial charge is 0.251 e. The topological polar surface area (TPSA) is 66.9 Å². The number of hydrogen-bond donors (Lipinski definition) is 2. The van der Waals surface area contributed by atoms with Gasteiger partial charge in [0.1, 0.15) is 11.6 Å². The van der Waals surface area contributed by atoms with Gasteiger partial charge in [0.15, 0.2) is 5.82 Å². The number of amides is 1. The van der Waals surface area contributed by atoms with Gasteiger partial charge in [-0.2, -0.15) is 0 Å². The molecule has 1 aromatic heterocycles. The van der Waals surface area contributed by atoms with Crippen molar-refractivity contribution in [1.82, 2.24) is 15.3 Å². The van der Waals surface area contributed by atoms with Crippen molar-refractivity contribution in [2.24, 2.45) is 0 Å². The van der Waals surface area contributed by atoms with Gasteiger partial charge in [-0.05, 0) is 55.3 Å². The first-order chi connectivity index (χ1) is 14.7. The molecule has 4 rings (SSSR count). The fraction of sp³-hybridized carbons (Fsp3) is 0.292. The van der Waals surface area contributed by atoms with Crippen molar-refractivity contribution in [3.63, 3.8) is 0 Å². The van der Waals surface area contributed by atoms with Crippen molar-refractivity contribution in [3.05, 3.63) is 72.2 Å². The standard InChI is InChI=1S/C24H25FN4O/c25-19-7-5-6-18(16-19)23-26-15-14-22(29-23)27-21-12-10-17(11-13-21)24(30)28-20-8-3-1-2-4-9-20/h5-7,10-16,20H,1-4,8-9H2,(H,28,30)(H,26,27,29). The molecule has 1 amide bonds. The van der Waals surface area contributed by atoms with Gasteiger partial charge < -0.3 is 10.6 Å². The number of aromatic nitrogens is 2. The third-order valence-electron chi connectivity index (χ3n) is 5.35. The van der Waals surface area contributed by atoms with Crippen LogP contribution in [-0.2, 0) is 0 Å². The number of hydrogen-bond acceptors (Lipinski definition) is 4. The van der Waals surface area contributed by atoms with E-state index in [0.29, 0.717) is 22.8 Å². The van der Waals surface area contributed by atoms with Crippen LogP contribution in [0.2, 0.25) is 0 Å². The van der Waals surface area contributed by atoms with E-state index >= 15 is 0 Å². The van der Waals surface area contributed by atoms with Crippen LogP contribution in [-0.4, -0.2) is 21.9 Å². The van der Waals surface area contributed by atoms with Crippen LogP contribution < -0.4 is 10.6 Å². The largest absolute Gasteiger partial charge is 0.349 e. The average molecular weight is 404 g/mol. The van der Waals surface area contributed by atoms with Crippen molar-refractivity contribution in [2.75, 3.05) is 5.32 Å². The highest BCUT2D eigenvalue weighted by atomic mass is 19.1. The van der Waals surface area contributed by atoms with E-state index in [1.807, 2.05) is 24.3 Å². The van der Waals surface area contributed by atoms with Crippen molar-refractivity contribution in [1.29, 1.82) is 0 Å². The summed E-state index contributed by atoms with van der Waals surface area (Å²) in [6.07, 6.45) is 8.64. The van der Waals surface area contributed by atoms with E-state index in [9.17, 15) is 9.18 Å². The van der Waals surface area contributed by atoms with Gasteiger partial charge in [-0.25, -0.2) is 14.4 Å². The number of benzene rings is 2. The Hall–Kier alpha value is -3.28. The molecule has 1 saturated carbocycles. The molecule has 1 fully saturated rings. The van der Waals surface area contributed by atoms with Crippen molar-refractivity contribution in [2.45, 2.75) is 44.6 Å². The molecule has 0 aliphatic heterocycles. The van der Waals surface area contributed by atoms with Gasteiger partial charge in [-0.3, -0.25) is 4.79 Å². The molecular weight excluding hydrogens is 379 g/mol. The molecule has 2 aromatic carbocycles. The van der Waals surface area contributed by atoms with Gasteiger partial charge in [0, 0.05) is 29.1 Å². The van der Waals surface area contributed by atoms with Gasteiger partial charge in [0.2, 0.25) is 0 Å². The van der Waals surface area contributed by atoms with Gasteiger partial charge in [0.05, 0.1) is 0 Å². The Balaban J connectivity index is 1.41. The lowest BCUT2D eigenvalue weighted by Gasteiger charge is -2.16. The lowest BCUT2D eigenvalue weighted by atomic mass is 10.1. The molecule has 0 atom stereocenters. The summed E-state index contributed by atoms with van der Waals surface area (Å²) in [7, 11) is 0. The Kier molecular flexibility index (Phi) is 6.32. The van der Waals surface area contributed by atoms with Crippen LogP contribution in [0.1, 0.15) is 48.9 Å². The summed E-state index contributed by atoms with van der Waals surface area (Å²) < 4.78 is 13.5. The first kappa shape index (κ1) is 20.0. The minimum absolute atomic E-state index is 0.0242. The molecule has 1 aliphatic carbocycles. The summed E-state index contributed by atoms with van der Waals surface area (Å²) >= 11 is 0. The molecule has 1 aliphatic rings. The second kappa shape index (κ2) is 9.48. The highest BCUT2D eigenvalue weighted by Gasteiger charge is 2.15. The van der Waals surface area contributed by atoms with E-state index in [-0.39, 0.29) is 17.8 Å². The maximum atomic E-state index is 13.5. The van der Waals surface area contributed by atoms with Crippen molar-refractivity contribution in [3.8, 4) is 11.4 Å². The Bertz CT molecular complexity index is 998. The molecule has 0 unspecified atom stereocenters. The summed E-state index contributed by atoms with van der Waals surface area (Å²) in [4.78, 5) is 21.2. The Morgan fingerprint density at radius 3 is 2.47 bits per heavy atom. The molecule has 0 radical (unpaired) electrons. The summed E-state index contributed by atoms with van der Waals surface area (Å²) in [5, 5.41) is 6.37. The SMILES string of the molecule is O=C(NC1CCCCCC1)c1ccc(Nc2ccnc(-c3cccc(F)c3)n2)cc1. The molecule has 5 nitrogen and oxygen atoms in total. The maximum absolute atomic E-state index is 13.5. The van der Waals surface area contributed by atoms with E-state index in [0.717, 1.165) is 18.5 Å². The highest BCUT2D eigenvalue weighted by Crippen LogP contribution is 2.21. The van der Waals surface area contributed by atoms with Crippen LogP contribution in [0.25, 0.3) is 11.4 Å². The first-order valence-electron chi connectivity index (χ1n) is 10.4. The van der Waals surface area contributed by atoms with Gasteiger partial charge >= 0.3 is 0 Å². The third-order valence-corrected chi connectivity index (χ3v) is 5.35. The zero-order valence-corrected chi connectivity index (χ0v) is 16.8. The van der Waals surface area contributed by atoms with Gasteiger partial charge in [-0.1, -0.05) is 37.8 Å². The predicted octanol–water partition coefficient (Wildman–Crippen LogP) is 5.48. The Morgan fingerprint density at radius 2 is 1.73 bits per heavy atom. The number of anilines is 2. The molecule has 0 saturated heterocycles. The van der Waals surface area contributed by atoms with Gasteiger partial charge in [0.25, 0.3) is 5.91 Å². The normalized spacial score (nSPS) is 14.7. The molecule has 0 bridgehead atoms. The van der Waals surface area contributed by atoms with Crippen LogP contribution in [0.3, 0.4) is 0 Å². The van der Waals surface area contributed by atoms with Crippen molar-refractivity contribution < 1.29 is 9.18 Å². The summed E-state index contributed by atoms with van der Waals surface area (Å²) in [5.41, 5.74) is 2.07. The second-order valence-corrected chi connectivity index (χ2v) is 7.64. The minimum atomic E-state index is -0.327. The number of rotatable bonds is 5. The summed E-state index contributed by atoms with van der Waals surface area (Å²) in [6, 6.07) is 15.5. The fourth-order valence-electron chi connectivity index (χ4n) is 3.74. The lowest BCUT2D eigenvalue weighted by molar-refractivity contribution is 0.0933. The van der Waals surface area contributed by atoms with Crippen LogP contribution in [0.15, 0.2) is 60.8 Å². The predicted molar refractivity (Wildman–Crippen MR) is 116 cm³/mol. The molecule has 3 aromatic rings. The zero-order valence-electron chi connectivity index (χ0n) is 16.8. The summed E-state index contributed by atoms with van der Waals surface area (Å²) in [6.45, 7) is 0. The first-order valence-corrected chi connectivity index (χ1v) is 10.4. The minimum Gasteiger partial charge on any atom is -0.349 e. The zero-order chi connectivity index (χ0) is 20.8. The van der Waals surface area contributed by atoms with E-state index in [4.69, 9.17) is 0 Å². The van der Waals surface area contributed by atoms with E-state index in [1.165, 1.54) is 37.8 Å². The van der Waals surface area contributed by atoms with Crippen LogP contribution in [0.5, 0.6) is 0 Å². The van der Waals surface area contributed by atoms with Crippen LogP contribution in [0, 0.1) is 5.82 Å². The van der Waals surface area contributed by atoms with Crippen molar-refractivity contribution >= 4 is 17.4 Å². The van der Waals surface area contributed by atoms with Crippen LogP contribution >= 0.6 is 0 Å². The lowest BCUT2D eigenvalue weighted by Crippen LogP contribution is -2.34. The third kappa shape index (κ3) is 5.20. The monoisotopic (exact) mass is 404 g/mol. The summed E-state index contributed by atoms with van der Waals surface area (Å²) in [5.74, 6) is 0.690. The van der Waals surface area contributed by atoms with E-state index < -0.39 is 0 Å². The molecule has 2 N–H and O–H groups in total. The molecule has 0 spiro atoms. The molecule has 30 heavy (non-hydrogen) atoms. The Morgan fingerprint density at radius 1 is 0.967 bits per heavy atom. The Labute approximate surface area is 175 Å². The van der Waals surface area contributed by atoms with Crippen LogP contribution in [0.4, 0.5) is 15.9 Å². The number of nitrogens with one attached hydrogen (secondary N) is 2. The van der Waals surface area contributed by atoms with E-state index in [1.54, 1.807) is 24.4 Å². The quantitative estimate of drug-likeness (QED) is 0.553. The maximum Gasteiger partial charge on any atom is 0.251 e. The average Bonchev–Trinajstić information content (AvgIpc) is 3.03. The number of carbonyl (C=O) groups is 1. The van der Waals surface area contributed by atoms with E-state index in [2.05, 4.69) is 20.6 Å². The highest BCUT2D eigenvalue weighted by molar-refractivity contribution is 5.94. The fourth-order valence-corrected chi connectivity index (χ4v) is 3.74. The molecule has 1 heterocycles. The number of halogens is 1. The molecule has 6 heteroatoms. The van der Waals surface area contributed by atoms with Gasteiger partial charge in [-0.15, -0.1) is 0 Å². The molecular formula is C24H25FN4O. The molecule has 154 valence electrons. The number of carbonyl (C=O) groups excluding carboxylic acids is 1.